The Balaban J connectivity index is 1.85. The molecule has 1 saturated heterocycles. The first-order valence-corrected chi connectivity index (χ1v) is 9.47. The normalized spacial score (nSPS) is 22.5. The van der Waals surface area contributed by atoms with Gasteiger partial charge >= 0.3 is 6.09 Å². The molecule has 1 saturated carbocycles. The zero-order chi connectivity index (χ0) is 18.9. The van der Waals surface area contributed by atoms with E-state index in [0.29, 0.717) is 30.9 Å². The molecule has 1 aromatic heterocycles. The first-order valence-electron chi connectivity index (χ1n) is 9.09. The quantitative estimate of drug-likeness (QED) is 0.808. The average molecular weight is 383 g/mol. The number of hydrogen-bond acceptors (Lipinski definition) is 6. The summed E-state index contributed by atoms with van der Waals surface area (Å²) in [4.78, 5) is 23.6. The largest absolute Gasteiger partial charge is 0.444 e. The number of carbonyl (C=O) groups excluding carboxylic acids is 1. The highest BCUT2D eigenvalue weighted by molar-refractivity contribution is 6.29. The molecule has 1 N–H and O–H groups in total. The van der Waals surface area contributed by atoms with Crippen LogP contribution in [0.2, 0.25) is 5.15 Å². The number of morpholine rings is 1. The lowest BCUT2D eigenvalue weighted by Gasteiger charge is -2.42. The molecule has 0 bridgehead atoms. The van der Waals surface area contributed by atoms with Gasteiger partial charge in [0.15, 0.2) is 0 Å². The Morgan fingerprint density at radius 2 is 2.15 bits per heavy atom. The minimum absolute atomic E-state index is 0.172. The molecule has 26 heavy (non-hydrogen) atoms. The third-order valence-corrected chi connectivity index (χ3v) is 4.94. The highest BCUT2D eigenvalue weighted by atomic mass is 35.5. The third-order valence-electron chi connectivity index (χ3n) is 4.75. The van der Waals surface area contributed by atoms with Crippen LogP contribution in [0.5, 0.6) is 0 Å². The van der Waals surface area contributed by atoms with Gasteiger partial charge in [0.2, 0.25) is 5.95 Å². The number of hydrogen-bond donors (Lipinski definition) is 1. The molecule has 1 atom stereocenters. The summed E-state index contributed by atoms with van der Waals surface area (Å²) in [7, 11) is 0. The van der Waals surface area contributed by atoms with Crippen LogP contribution in [0, 0.1) is 0 Å². The highest BCUT2D eigenvalue weighted by Gasteiger charge is 2.43. The average Bonchev–Trinajstić information content (AvgIpc) is 2.49. The van der Waals surface area contributed by atoms with Crippen LogP contribution in [-0.4, -0.2) is 47.5 Å². The Kier molecular flexibility index (Phi) is 5.30. The summed E-state index contributed by atoms with van der Waals surface area (Å²) >= 11 is 6.29. The van der Waals surface area contributed by atoms with Gasteiger partial charge in [0.1, 0.15) is 10.8 Å². The summed E-state index contributed by atoms with van der Waals surface area (Å²) < 4.78 is 10.9. The van der Waals surface area contributed by atoms with Crippen LogP contribution >= 0.6 is 11.6 Å². The predicted molar refractivity (Wildman–Crippen MR) is 99.6 cm³/mol. The van der Waals surface area contributed by atoms with Crippen molar-refractivity contribution >= 4 is 23.6 Å². The summed E-state index contributed by atoms with van der Waals surface area (Å²) in [5.41, 5.74) is -0.352. The van der Waals surface area contributed by atoms with Gasteiger partial charge in [-0.05, 0) is 53.0 Å². The first kappa shape index (κ1) is 19.2. The maximum Gasteiger partial charge on any atom is 0.408 e. The first-order chi connectivity index (χ1) is 12.2. The summed E-state index contributed by atoms with van der Waals surface area (Å²) in [5.74, 6) is 0.584. The molecule has 144 valence electrons. The fourth-order valence-corrected chi connectivity index (χ4v) is 3.46. The van der Waals surface area contributed by atoms with E-state index in [1.54, 1.807) is 6.07 Å². The second kappa shape index (κ2) is 7.19. The number of nitrogens with one attached hydrogen (secondary N) is 1. The molecular weight excluding hydrogens is 356 g/mol. The molecule has 2 heterocycles. The van der Waals surface area contributed by atoms with Crippen LogP contribution < -0.4 is 10.2 Å². The lowest BCUT2D eigenvalue weighted by molar-refractivity contribution is 0.0371. The van der Waals surface area contributed by atoms with Gasteiger partial charge < -0.3 is 19.7 Å². The Bertz CT molecular complexity index is 673. The van der Waals surface area contributed by atoms with Crippen molar-refractivity contribution in [3.05, 3.63) is 16.9 Å². The van der Waals surface area contributed by atoms with Gasteiger partial charge in [0.25, 0.3) is 0 Å². The van der Waals surface area contributed by atoms with E-state index in [1.807, 2.05) is 20.8 Å². The Morgan fingerprint density at radius 3 is 2.73 bits per heavy atom. The topological polar surface area (TPSA) is 76.6 Å². The molecule has 0 radical (unpaired) electrons. The predicted octanol–water partition coefficient (Wildman–Crippen LogP) is 3.26. The van der Waals surface area contributed by atoms with E-state index in [2.05, 4.69) is 22.1 Å². The van der Waals surface area contributed by atoms with Gasteiger partial charge in [-0.1, -0.05) is 11.6 Å². The van der Waals surface area contributed by atoms with E-state index in [9.17, 15) is 4.79 Å². The van der Waals surface area contributed by atoms with E-state index in [0.717, 1.165) is 25.0 Å². The molecule has 1 aliphatic carbocycles. The van der Waals surface area contributed by atoms with E-state index in [4.69, 9.17) is 26.1 Å². The molecule has 2 aliphatic rings. The summed E-state index contributed by atoms with van der Waals surface area (Å²) in [6.07, 6.45) is 2.18. The minimum atomic E-state index is -0.549. The molecular formula is C18H27ClN4O3. The van der Waals surface area contributed by atoms with Crippen molar-refractivity contribution in [2.75, 3.05) is 24.7 Å². The number of alkyl carbamates (subject to hydrolysis) is 1. The molecule has 0 unspecified atom stereocenters. The van der Waals surface area contributed by atoms with Crippen LogP contribution in [0.3, 0.4) is 0 Å². The Labute approximate surface area is 159 Å². The number of ether oxygens (including phenoxy) is 2. The molecule has 0 aromatic carbocycles. The number of rotatable bonds is 3. The molecule has 7 nitrogen and oxygen atoms in total. The zero-order valence-electron chi connectivity index (χ0n) is 15.8. The van der Waals surface area contributed by atoms with E-state index >= 15 is 0 Å². The molecule has 2 fully saturated rings. The second-order valence-corrected chi connectivity index (χ2v) is 8.44. The number of anilines is 1. The standard InChI is InChI=1S/C18H27ClN4O3/c1-12-11-25-9-8-23(12)15-20-13(10-14(19)21-15)18(6-5-7-18)22-16(24)26-17(2,3)4/h10,12H,5-9,11H2,1-4H3,(H,22,24)/t12-/m0/s1. The van der Waals surface area contributed by atoms with Crippen molar-refractivity contribution in [1.82, 2.24) is 15.3 Å². The van der Waals surface area contributed by atoms with E-state index < -0.39 is 17.2 Å². The SMILES string of the molecule is C[C@H]1COCCN1c1nc(Cl)cc(C2(NC(=O)OC(C)(C)C)CCC2)n1. The van der Waals surface area contributed by atoms with Gasteiger partial charge in [-0.15, -0.1) is 0 Å². The maximum atomic E-state index is 12.3. The Hall–Kier alpha value is -1.60. The van der Waals surface area contributed by atoms with Crippen LogP contribution in [0.4, 0.5) is 10.7 Å². The molecule has 3 rings (SSSR count). The van der Waals surface area contributed by atoms with Crippen LogP contribution in [0.1, 0.15) is 52.7 Å². The van der Waals surface area contributed by atoms with Crippen LogP contribution in [0.15, 0.2) is 6.07 Å². The fraction of sp³-hybridized carbons (Fsp3) is 0.722. The van der Waals surface area contributed by atoms with Crippen molar-refractivity contribution in [2.24, 2.45) is 0 Å². The summed E-state index contributed by atoms with van der Waals surface area (Å²) in [5, 5.41) is 3.39. The monoisotopic (exact) mass is 382 g/mol. The van der Waals surface area contributed by atoms with Crippen LogP contribution in [0.25, 0.3) is 0 Å². The highest BCUT2D eigenvalue weighted by Crippen LogP contribution is 2.41. The van der Waals surface area contributed by atoms with Gasteiger partial charge in [-0.3, -0.25) is 0 Å². The van der Waals surface area contributed by atoms with Crippen LogP contribution in [-0.2, 0) is 15.0 Å². The summed E-state index contributed by atoms with van der Waals surface area (Å²) in [6.45, 7) is 9.59. The lowest BCUT2D eigenvalue weighted by Crippen LogP contribution is -2.53. The van der Waals surface area contributed by atoms with Gasteiger partial charge in [-0.2, -0.15) is 0 Å². The van der Waals surface area contributed by atoms with Gasteiger partial charge in [-0.25, -0.2) is 14.8 Å². The van der Waals surface area contributed by atoms with Gasteiger partial charge in [0.05, 0.1) is 30.5 Å². The number of carbonyl (C=O) groups is 1. The molecule has 1 amide bonds. The number of nitrogens with zero attached hydrogens (tertiary/aromatic N) is 3. The van der Waals surface area contributed by atoms with Crippen molar-refractivity contribution in [3.63, 3.8) is 0 Å². The Morgan fingerprint density at radius 1 is 1.42 bits per heavy atom. The smallest absolute Gasteiger partial charge is 0.408 e. The molecule has 0 spiro atoms. The van der Waals surface area contributed by atoms with Gasteiger partial charge in [0, 0.05) is 6.54 Å². The lowest BCUT2D eigenvalue weighted by atomic mass is 9.74. The molecule has 8 heteroatoms. The maximum absolute atomic E-state index is 12.3. The van der Waals surface area contributed by atoms with E-state index in [-0.39, 0.29) is 6.04 Å². The van der Waals surface area contributed by atoms with Crippen molar-refractivity contribution in [1.29, 1.82) is 0 Å². The third kappa shape index (κ3) is 4.20. The number of amides is 1. The van der Waals surface area contributed by atoms with Crippen molar-refractivity contribution < 1.29 is 14.3 Å². The number of aromatic nitrogens is 2. The molecule has 1 aliphatic heterocycles. The fourth-order valence-electron chi connectivity index (χ4n) is 3.28. The van der Waals surface area contributed by atoms with Crippen molar-refractivity contribution in [2.45, 2.75) is 64.1 Å². The number of halogens is 1. The van der Waals surface area contributed by atoms with E-state index in [1.165, 1.54) is 0 Å². The zero-order valence-corrected chi connectivity index (χ0v) is 16.6. The summed E-state index contributed by atoms with van der Waals surface area (Å²) in [6, 6.07) is 1.92. The van der Waals surface area contributed by atoms with Crippen molar-refractivity contribution in [3.8, 4) is 0 Å². The second-order valence-electron chi connectivity index (χ2n) is 8.06. The molecule has 1 aromatic rings. The minimum Gasteiger partial charge on any atom is -0.444 e.